The quantitative estimate of drug-likeness (QED) is 0.559. The number of rotatable bonds is 3. The highest BCUT2D eigenvalue weighted by Crippen LogP contribution is 2.06. The molecule has 6 heteroatoms. The standard InChI is InChI=1S/C6H10N2O3S/c7-6(9)3-8-5-1-2-12(10,11)4-5/h1-2,5,8H,3-4H2,(H2,7,9). The van der Waals surface area contributed by atoms with Crippen LogP contribution in [0.25, 0.3) is 0 Å². The van der Waals surface area contributed by atoms with Gasteiger partial charge in [0.05, 0.1) is 12.3 Å². The van der Waals surface area contributed by atoms with Gasteiger partial charge in [-0.15, -0.1) is 0 Å². The van der Waals surface area contributed by atoms with Crippen molar-refractivity contribution >= 4 is 15.7 Å². The van der Waals surface area contributed by atoms with E-state index < -0.39 is 15.7 Å². The summed E-state index contributed by atoms with van der Waals surface area (Å²) in [5.74, 6) is -0.479. The molecule has 0 aliphatic carbocycles. The number of hydrogen-bond donors (Lipinski definition) is 2. The van der Waals surface area contributed by atoms with Crippen LogP contribution in [0.5, 0.6) is 0 Å². The normalized spacial score (nSPS) is 25.8. The predicted octanol–water partition coefficient (Wildman–Crippen LogP) is -1.63. The minimum atomic E-state index is -3.04. The molecule has 1 atom stereocenters. The predicted molar refractivity (Wildman–Crippen MR) is 43.9 cm³/mol. The van der Waals surface area contributed by atoms with E-state index in [0.717, 1.165) is 5.41 Å². The van der Waals surface area contributed by atoms with Crippen LogP contribution in [-0.4, -0.2) is 32.7 Å². The number of primary amides is 1. The van der Waals surface area contributed by atoms with E-state index in [4.69, 9.17) is 5.73 Å². The molecular formula is C6H10N2O3S. The van der Waals surface area contributed by atoms with E-state index in [1.54, 1.807) is 0 Å². The highest BCUT2D eigenvalue weighted by atomic mass is 32.2. The molecule has 0 aromatic carbocycles. The van der Waals surface area contributed by atoms with Crippen molar-refractivity contribution in [2.75, 3.05) is 12.3 Å². The summed E-state index contributed by atoms with van der Waals surface area (Å²) >= 11 is 0. The molecule has 5 nitrogen and oxygen atoms in total. The Balaban J connectivity index is 2.40. The van der Waals surface area contributed by atoms with Crippen molar-refractivity contribution in [2.45, 2.75) is 6.04 Å². The van der Waals surface area contributed by atoms with Gasteiger partial charge >= 0.3 is 0 Å². The van der Waals surface area contributed by atoms with Crippen LogP contribution < -0.4 is 11.1 Å². The first-order chi connectivity index (χ1) is 5.49. The molecule has 3 N–H and O–H groups in total. The Kier molecular flexibility index (Phi) is 2.49. The third-order valence-corrected chi connectivity index (χ3v) is 2.86. The lowest BCUT2D eigenvalue weighted by Crippen LogP contribution is -2.37. The molecule has 1 rings (SSSR count). The smallest absolute Gasteiger partial charge is 0.231 e. The average molecular weight is 190 g/mol. The van der Waals surface area contributed by atoms with E-state index in [9.17, 15) is 13.2 Å². The minimum Gasteiger partial charge on any atom is -0.369 e. The minimum absolute atomic E-state index is 0.00449. The van der Waals surface area contributed by atoms with Crippen molar-refractivity contribution in [2.24, 2.45) is 5.73 Å². The van der Waals surface area contributed by atoms with Crippen LogP contribution in [0.1, 0.15) is 0 Å². The van der Waals surface area contributed by atoms with Gasteiger partial charge in [-0.2, -0.15) is 0 Å². The molecule has 0 aromatic rings. The van der Waals surface area contributed by atoms with Crippen LogP contribution >= 0.6 is 0 Å². The van der Waals surface area contributed by atoms with Gasteiger partial charge < -0.3 is 11.1 Å². The number of nitrogens with two attached hydrogens (primary N) is 1. The van der Waals surface area contributed by atoms with Crippen molar-refractivity contribution < 1.29 is 13.2 Å². The van der Waals surface area contributed by atoms with Crippen molar-refractivity contribution in [3.8, 4) is 0 Å². The number of carbonyl (C=O) groups is 1. The van der Waals surface area contributed by atoms with Gasteiger partial charge in [0.1, 0.15) is 0 Å². The lowest BCUT2D eigenvalue weighted by molar-refractivity contribution is -0.117. The van der Waals surface area contributed by atoms with E-state index in [0.29, 0.717) is 0 Å². The molecule has 0 saturated heterocycles. The van der Waals surface area contributed by atoms with Crippen molar-refractivity contribution in [1.82, 2.24) is 5.32 Å². The summed E-state index contributed by atoms with van der Waals surface area (Å²) in [6.07, 6.45) is 1.51. The van der Waals surface area contributed by atoms with Crippen molar-refractivity contribution in [3.05, 3.63) is 11.5 Å². The molecule has 68 valence electrons. The molecule has 0 bridgehead atoms. The summed E-state index contributed by atoms with van der Waals surface area (Å²) in [5, 5.41) is 3.84. The average Bonchev–Trinajstić information content (AvgIpc) is 2.26. The van der Waals surface area contributed by atoms with E-state index in [1.807, 2.05) is 0 Å². The highest BCUT2D eigenvalue weighted by molar-refractivity contribution is 7.94. The Morgan fingerprint density at radius 1 is 1.67 bits per heavy atom. The van der Waals surface area contributed by atoms with Crippen molar-refractivity contribution in [1.29, 1.82) is 0 Å². The number of sulfone groups is 1. The molecule has 0 saturated carbocycles. The first kappa shape index (κ1) is 9.21. The molecule has 1 aliphatic rings. The van der Waals surface area contributed by atoms with Crippen LogP contribution in [0.2, 0.25) is 0 Å². The fraction of sp³-hybridized carbons (Fsp3) is 0.500. The SMILES string of the molecule is NC(=O)CNC1C=CS(=O)(=O)C1. The zero-order valence-corrected chi connectivity index (χ0v) is 7.17. The fourth-order valence-corrected chi connectivity index (χ4v) is 2.20. The monoisotopic (exact) mass is 190 g/mol. The topological polar surface area (TPSA) is 89.3 Å². The Morgan fingerprint density at radius 2 is 2.33 bits per heavy atom. The third kappa shape index (κ3) is 2.63. The van der Waals surface area contributed by atoms with Gasteiger partial charge in [-0.1, -0.05) is 6.08 Å². The van der Waals surface area contributed by atoms with Gasteiger partial charge in [0, 0.05) is 11.4 Å². The zero-order chi connectivity index (χ0) is 9.19. The van der Waals surface area contributed by atoms with Crippen LogP contribution in [0.3, 0.4) is 0 Å². The molecule has 1 unspecified atom stereocenters. The number of carbonyl (C=O) groups excluding carboxylic acids is 1. The molecule has 1 amide bonds. The summed E-state index contributed by atoms with van der Waals surface area (Å²) < 4.78 is 21.7. The second-order valence-corrected chi connectivity index (χ2v) is 4.54. The third-order valence-electron chi connectivity index (χ3n) is 1.47. The molecule has 0 fully saturated rings. The Bertz CT molecular complexity index is 307. The summed E-state index contributed by atoms with van der Waals surface area (Å²) in [4.78, 5) is 10.3. The summed E-state index contributed by atoms with van der Waals surface area (Å²) in [6.45, 7) is 0.00449. The molecule has 0 radical (unpaired) electrons. The maximum Gasteiger partial charge on any atom is 0.231 e. The number of nitrogens with one attached hydrogen (secondary N) is 1. The van der Waals surface area contributed by atoms with Gasteiger partial charge in [-0.3, -0.25) is 4.79 Å². The first-order valence-electron chi connectivity index (χ1n) is 3.42. The largest absolute Gasteiger partial charge is 0.369 e. The van der Waals surface area contributed by atoms with E-state index in [1.165, 1.54) is 6.08 Å². The van der Waals surface area contributed by atoms with Gasteiger partial charge in [-0.25, -0.2) is 8.42 Å². The van der Waals surface area contributed by atoms with Gasteiger partial charge in [0.25, 0.3) is 0 Å². The molecule has 0 spiro atoms. The lowest BCUT2D eigenvalue weighted by Gasteiger charge is -2.06. The second kappa shape index (κ2) is 3.24. The fourth-order valence-electron chi connectivity index (χ4n) is 0.935. The molecule has 12 heavy (non-hydrogen) atoms. The lowest BCUT2D eigenvalue weighted by atomic mass is 10.3. The Labute approximate surface area is 70.5 Å². The van der Waals surface area contributed by atoms with E-state index in [2.05, 4.69) is 5.32 Å². The van der Waals surface area contributed by atoms with Crippen molar-refractivity contribution in [3.63, 3.8) is 0 Å². The molecule has 1 heterocycles. The van der Waals surface area contributed by atoms with Gasteiger partial charge in [0.2, 0.25) is 5.91 Å². The summed E-state index contributed by atoms with van der Waals surface area (Å²) in [5.41, 5.74) is 4.86. The van der Waals surface area contributed by atoms with Crippen LogP contribution in [0.4, 0.5) is 0 Å². The number of hydrogen-bond acceptors (Lipinski definition) is 4. The van der Waals surface area contributed by atoms with E-state index in [-0.39, 0.29) is 18.3 Å². The van der Waals surface area contributed by atoms with Gasteiger partial charge in [0.15, 0.2) is 9.84 Å². The maximum absolute atomic E-state index is 10.8. The molecule has 1 aliphatic heterocycles. The Morgan fingerprint density at radius 3 is 2.75 bits per heavy atom. The molecular weight excluding hydrogens is 180 g/mol. The Hall–Kier alpha value is -0.880. The maximum atomic E-state index is 10.8. The van der Waals surface area contributed by atoms with E-state index >= 15 is 0 Å². The van der Waals surface area contributed by atoms with Crippen LogP contribution in [0, 0.1) is 0 Å². The second-order valence-electron chi connectivity index (χ2n) is 2.61. The molecule has 0 aromatic heterocycles. The zero-order valence-electron chi connectivity index (χ0n) is 6.36. The number of amides is 1. The van der Waals surface area contributed by atoms with Crippen LogP contribution in [0.15, 0.2) is 11.5 Å². The first-order valence-corrected chi connectivity index (χ1v) is 5.14. The summed E-state index contributed by atoms with van der Waals surface area (Å²) in [7, 11) is -3.04. The highest BCUT2D eigenvalue weighted by Gasteiger charge is 2.20. The van der Waals surface area contributed by atoms with Gasteiger partial charge in [-0.05, 0) is 0 Å². The summed E-state index contributed by atoms with van der Waals surface area (Å²) in [6, 6.07) is -0.275. The van der Waals surface area contributed by atoms with Crippen LogP contribution in [-0.2, 0) is 14.6 Å².